The van der Waals surface area contributed by atoms with E-state index in [-0.39, 0.29) is 32.5 Å². The highest BCUT2D eigenvalue weighted by atomic mass is 32.2. The second kappa shape index (κ2) is 11.8. The van der Waals surface area contributed by atoms with Crippen molar-refractivity contribution in [3.05, 3.63) is 109 Å². The van der Waals surface area contributed by atoms with E-state index in [9.17, 15) is 16.8 Å². The highest BCUT2D eigenvalue weighted by Crippen LogP contribution is 2.38. The summed E-state index contributed by atoms with van der Waals surface area (Å²) in [6.07, 6.45) is 0. The molecule has 12 nitrogen and oxygen atoms in total. The van der Waals surface area contributed by atoms with Crippen molar-refractivity contribution in [2.75, 3.05) is 11.5 Å². The zero-order valence-electron chi connectivity index (χ0n) is 23.9. The lowest BCUT2D eigenvalue weighted by molar-refractivity contribution is 0.597. The summed E-state index contributed by atoms with van der Waals surface area (Å²) in [6.45, 7) is 0. The molecule has 0 atom stereocenters. The van der Waals surface area contributed by atoms with E-state index in [1.807, 2.05) is 24.3 Å². The first-order valence-electron chi connectivity index (χ1n) is 13.6. The quantitative estimate of drug-likeness (QED) is 0.106. The summed E-state index contributed by atoms with van der Waals surface area (Å²) in [7, 11) is -8.06. The summed E-state index contributed by atoms with van der Waals surface area (Å²) in [6, 6.07) is 30.6. The van der Waals surface area contributed by atoms with Gasteiger partial charge in [0.25, 0.3) is 0 Å². The fourth-order valence-corrected chi connectivity index (χ4v) is 6.52. The molecule has 0 radical (unpaired) electrons. The number of benzene rings is 6. The van der Waals surface area contributed by atoms with Gasteiger partial charge in [-0.2, -0.15) is 10.2 Å². The van der Waals surface area contributed by atoms with E-state index >= 15 is 0 Å². The third-order valence-electron chi connectivity index (χ3n) is 7.28. The fraction of sp³-hybridized carbons (Fsp3) is 0. The van der Waals surface area contributed by atoms with Crippen molar-refractivity contribution >= 4 is 75.7 Å². The number of rotatable bonds is 7. The summed E-state index contributed by atoms with van der Waals surface area (Å²) < 4.78 is 48.8. The second-order valence-electron chi connectivity index (χ2n) is 10.3. The summed E-state index contributed by atoms with van der Waals surface area (Å²) in [5.41, 5.74) is 16.3. The standard InChI is InChI=1S/C32H26N8O4S2/c33-31-25-7-3-1-5-23(25)29(45(35,41)42)17-27(31)39-37-21-13-9-19(10-14-21)20-11-15-22(16-12-20)38-40-28-18-30(46(36,43)44)24-6-2-4-8-26(24)32(28)34/h1-18H,33-34H2,(H2,35,41,42)(H2,36,43,44). The smallest absolute Gasteiger partial charge is 0.238 e. The Morgan fingerprint density at radius 3 is 1.09 bits per heavy atom. The molecular formula is C32H26N8O4S2. The van der Waals surface area contributed by atoms with Gasteiger partial charge in [0.15, 0.2) is 0 Å². The Labute approximate surface area is 264 Å². The molecule has 6 rings (SSSR count). The van der Waals surface area contributed by atoms with Gasteiger partial charge in [0.2, 0.25) is 20.0 Å². The zero-order valence-corrected chi connectivity index (χ0v) is 25.6. The fourth-order valence-electron chi connectivity index (χ4n) is 5.00. The van der Waals surface area contributed by atoms with E-state index in [0.717, 1.165) is 11.1 Å². The number of nitrogens with two attached hydrogens (primary N) is 4. The van der Waals surface area contributed by atoms with Crippen LogP contribution in [0.15, 0.2) is 139 Å². The zero-order chi connectivity index (χ0) is 32.6. The van der Waals surface area contributed by atoms with E-state index in [1.165, 1.54) is 12.1 Å². The van der Waals surface area contributed by atoms with Crippen LogP contribution in [-0.2, 0) is 20.0 Å². The number of hydrogen-bond donors (Lipinski definition) is 4. The molecule has 0 aromatic heterocycles. The number of primary sulfonamides is 2. The van der Waals surface area contributed by atoms with Gasteiger partial charge in [0.1, 0.15) is 11.4 Å². The molecule has 6 aromatic rings. The Bertz CT molecular complexity index is 2260. The first-order valence-corrected chi connectivity index (χ1v) is 16.7. The van der Waals surface area contributed by atoms with Crippen molar-refractivity contribution in [1.82, 2.24) is 0 Å². The molecule has 0 bridgehead atoms. The molecule has 0 saturated heterocycles. The molecule has 46 heavy (non-hydrogen) atoms. The highest BCUT2D eigenvalue weighted by Gasteiger charge is 2.18. The Morgan fingerprint density at radius 1 is 0.435 bits per heavy atom. The molecule has 14 heteroatoms. The Balaban J connectivity index is 1.22. The minimum absolute atomic E-state index is 0.0847. The predicted octanol–water partition coefficient (Wildman–Crippen LogP) is 6.95. The van der Waals surface area contributed by atoms with Crippen LogP contribution in [0, 0.1) is 0 Å². The number of hydrogen-bond acceptors (Lipinski definition) is 10. The third kappa shape index (κ3) is 6.05. The number of sulfonamides is 2. The largest absolute Gasteiger partial charge is 0.396 e. The van der Waals surface area contributed by atoms with E-state index in [2.05, 4.69) is 20.5 Å². The lowest BCUT2D eigenvalue weighted by Gasteiger charge is -2.09. The molecule has 0 unspecified atom stereocenters. The molecule has 0 spiro atoms. The van der Waals surface area contributed by atoms with E-state index in [0.29, 0.717) is 32.9 Å². The number of fused-ring (bicyclic) bond motifs is 2. The van der Waals surface area contributed by atoms with Gasteiger partial charge in [0.05, 0.1) is 32.5 Å². The summed E-state index contributed by atoms with van der Waals surface area (Å²) in [5.74, 6) is 0. The molecule has 6 aromatic carbocycles. The van der Waals surface area contributed by atoms with E-state index < -0.39 is 20.0 Å². The average molecular weight is 651 g/mol. The molecule has 0 aliphatic heterocycles. The van der Waals surface area contributed by atoms with Crippen molar-refractivity contribution in [1.29, 1.82) is 0 Å². The van der Waals surface area contributed by atoms with Crippen molar-refractivity contribution < 1.29 is 16.8 Å². The maximum Gasteiger partial charge on any atom is 0.238 e. The number of azo groups is 2. The Kier molecular flexibility index (Phi) is 7.79. The topological polar surface area (TPSA) is 222 Å². The van der Waals surface area contributed by atoms with Gasteiger partial charge in [-0.15, -0.1) is 10.2 Å². The molecule has 230 valence electrons. The highest BCUT2D eigenvalue weighted by molar-refractivity contribution is 7.89. The van der Waals surface area contributed by atoms with Crippen LogP contribution in [0.5, 0.6) is 0 Å². The number of anilines is 2. The van der Waals surface area contributed by atoms with Gasteiger partial charge < -0.3 is 11.5 Å². The second-order valence-corrected chi connectivity index (χ2v) is 13.3. The maximum atomic E-state index is 12.2. The lowest BCUT2D eigenvalue weighted by Crippen LogP contribution is -2.13. The predicted molar refractivity (Wildman–Crippen MR) is 180 cm³/mol. The minimum atomic E-state index is -4.03. The molecule has 0 aliphatic carbocycles. The summed E-state index contributed by atoms with van der Waals surface area (Å²) >= 11 is 0. The van der Waals surface area contributed by atoms with Gasteiger partial charge in [-0.05, 0) is 47.5 Å². The summed E-state index contributed by atoms with van der Waals surface area (Å²) in [5, 5.41) is 29.6. The molecule has 0 saturated carbocycles. The SMILES string of the molecule is Nc1c(N=Nc2ccc(-c3ccc(N=Nc4cc(S(N)(=O)=O)c5ccccc5c4N)cc3)cc2)cc(S(N)(=O)=O)c2ccccc12. The Morgan fingerprint density at radius 2 is 0.761 bits per heavy atom. The molecule has 0 aliphatic rings. The van der Waals surface area contributed by atoms with Crippen LogP contribution in [0.4, 0.5) is 34.1 Å². The first-order chi connectivity index (χ1) is 21.9. The minimum Gasteiger partial charge on any atom is -0.396 e. The number of nitrogen functional groups attached to an aromatic ring is 2. The van der Waals surface area contributed by atoms with Crippen LogP contribution in [0.3, 0.4) is 0 Å². The lowest BCUT2D eigenvalue weighted by atomic mass is 10.1. The van der Waals surface area contributed by atoms with Gasteiger partial charge in [-0.25, -0.2) is 27.1 Å². The van der Waals surface area contributed by atoms with Gasteiger partial charge in [0, 0.05) is 21.5 Å². The van der Waals surface area contributed by atoms with E-state index in [1.54, 1.807) is 72.8 Å². The van der Waals surface area contributed by atoms with Crippen LogP contribution in [-0.4, -0.2) is 16.8 Å². The molecular weight excluding hydrogens is 625 g/mol. The number of nitrogens with zero attached hydrogens (tertiary/aromatic N) is 4. The van der Waals surface area contributed by atoms with Crippen LogP contribution < -0.4 is 21.7 Å². The van der Waals surface area contributed by atoms with Gasteiger partial charge in [-0.1, -0.05) is 72.8 Å². The van der Waals surface area contributed by atoms with Crippen LogP contribution in [0.1, 0.15) is 0 Å². The summed E-state index contributed by atoms with van der Waals surface area (Å²) in [4.78, 5) is -0.169. The van der Waals surface area contributed by atoms with Gasteiger partial charge >= 0.3 is 0 Å². The van der Waals surface area contributed by atoms with Crippen LogP contribution in [0.25, 0.3) is 32.7 Å². The van der Waals surface area contributed by atoms with Crippen LogP contribution >= 0.6 is 0 Å². The van der Waals surface area contributed by atoms with Gasteiger partial charge in [-0.3, -0.25) is 0 Å². The monoisotopic (exact) mass is 650 g/mol. The molecule has 0 amide bonds. The van der Waals surface area contributed by atoms with E-state index in [4.69, 9.17) is 21.7 Å². The normalized spacial score (nSPS) is 12.5. The maximum absolute atomic E-state index is 12.2. The average Bonchev–Trinajstić information content (AvgIpc) is 3.04. The van der Waals surface area contributed by atoms with Crippen molar-refractivity contribution in [2.24, 2.45) is 30.7 Å². The molecule has 8 N–H and O–H groups in total. The Hall–Kier alpha value is -5.54. The third-order valence-corrected chi connectivity index (χ3v) is 9.18. The molecule has 0 heterocycles. The first kappa shape index (κ1) is 30.5. The van der Waals surface area contributed by atoms with Crippen molar-refractivity contribution in [2.45, 2.75) is 9.79 Å². The van der Waals surface area contributed by atoms with Crippen LogP contribution in [0.2, 0.25) is 0 Å². The van der Waals surface area contributed by atoms with Crippen molar-refractivity contribution in [3.63, 3.8) is 0 Å². The molecule has 0 fully saturated rings. The van der Waals surface area contributed by atoms with Crippen molar-refractivity contribution in [3.8, 4) is 11.1 Å².